The number of amides is 2. The van der Waals surface area contributed by atoms with Crippen molar-refractivity contribution in [3.05, 3.63) is 111 Å². The lowest BCUT2D eigenvalue weighted by atomic mass is 10.0. The van der Waals surface area contributed by atoms with Crippen LogP contribution in [0, 0.1) is 17.0 Å². The van der Waals surface area contributed by atoms with Crippen LogP contribution in [-0.4, -0.2) is 43.4 Å². The fraction of sp³-hybridized carbons (Fsp3) is 0.290. The molecule has 2 N–H and O–H groups in total. The summed E-state index contributed by atoms with van der Waals surface area (Å²) in [7, 11) is 0. The summed E-state index contributed by atoms with van der Waals surface area (Å²) >= 11 is 0. The number of nitrogens with one attached hydrogen (secondary N) is 2. The highest BCUT2D eigenvalue weighted by Crippen LogP contribution is 2.31. The zero-order valence-electron chi connectivity index (χ0n) is 23.5. The van der Waals surface area contributed by atoms with Gasteiger partial charge in [0.25, 0.3) is 5.69 Å². The first-order valence-corrected chi connectivity index (χ1v) is 13.9. The number of alkyl halides is 3. The molecule has 12 heteroatoms. The van der Waals surface area contributed by atoms with Gasteiger partial charge in [-0.25, -0.2) is 9.78 Å². The van der Waals surface area contributed by atoms with E-state index in [1.54, 1.807) is 29.2 Å². The number of nitrogens with zero attached hydrogens (tertiary/aromatic N) is 4. The number of likely N-dealkylation sites (tertiary alicyclic amines) is 1. The van der Waals surface area contributed by atoms with Crippen LogP contribution in [0.2, 0.25) is 0 Å². The molecule has 1 atom stereocenters. The number of hydrogen-bond acceptors (Lipinski definition) is 5. The molecule has 5 rings (SSSR count). The minimum absolute atomic E-state index is 0.0515. The Balaban J connectivity index is 1.41. The van der Waals surface area contributed by atoms with Crippen LogP contribution in [0.1, 0.15) is 41.8 Å². The number of non-ortho nitro benzene ring substituents is 1. The van der Waals surface area contributed by atoms with Crippen molar-refractivity contribution in [2.45, 2.75) is 51.6 Å². The number of halogens is 3. The summed E-state index contributed by atoms with van der Waals surface area (Å²) in [5.41, 5.74) is 2.51. The lowest BCUT2D eigenvalue weighted by Gasteiger charge is -2.42. The predicted molar refractivity (Wildman–Crippen MR) is 156 cm³/mol. The number of imidazole rings is 1. The van der Waals surface area contributed by atoms with Gasteiger partial charge in [0.2, 0.25) is 0 Å². The largest absolute Gasteiger partial charge is 0.416 e. The first-order valence-electron chi connectivity index (χ1n) is 13.9. The number of carbonyl (C=O) groups is 1. The van der Waals surface area contributed by atoms with E-state index in [1.165, 1.54) is 24.3 Å². The van der Waals surface area contributed by atoms with Crippen LogP contribution < -0.4 is 5.32 Å². The van der Waals surface area contributed by atoms with E-state index in [9.17, 15) is 28.1 Å². The standard InChI is InChI=1S/C31H31F3N6O3/c1-21-27(37-29(35-21)23-13-15-24(16-14-23)31(32,33)34)20-38-17-6-5-12-28(38)39(30(41)36-25-9-3-2-4-10-25)19-22-8-7-11-26(18-22)40(42)43/h2-4,7-11,13-16,18,28H,5-6,12,17,19-20H2,1H3,(H,35,37)(H,36,41). The number of hydrogen-bond donors (Lipinski definition) is 2. The lowest BCUT2D eigenvalue weighted by molar-refractivity contribution is -0.384. The molecule has 0 radical (unpaired) electrons. The van der Waals surface area contributed by atoms with Crippen LogP contribution in [0.5, 0.6) is 0 Å². The van der Waals surface area contributed by atoms with Crippen LogP contribution in [-0.2, 0) is 19.3 Å². The number of aromatic nitrogens is 2. The maximum absolute atomic E-state index is 13.7. The zero-order chi connectivity index (χ0) is 30.6. The number of aromatic amines is 1. The van der Waals surface area contributed by atoms with Gasteiger partial charge in [0.15, 0.2) is 0 Å². The molecule has 1 unspecified atom stereocenters. The van der Waals surface area contributed by atoms with Crippen LogP contribution in [0.3, 0.4) is 0 Å². The first-order chi connectivity index (χ1) is 20.6. The van der Waals surface area contributed by atoms with E-state index in [0.717, 1.165) is 36.4 Å². The van der Waals surface area contributed by atoms with Gasteiger partial charge >= 0.3 is 12.2 Å². The highest BCUT2D eigenvalue weighted by molar-refractivity contribution is 5.89. The number of rotatable bonds is 8. The topological polar surface area (TPSA) is 107 Å². The Kier molecular flexibility index (Phi) is 8.76. The van der Waals surface area contributed by atoms with Gasteiger partial charge in [-0.3, -0.25) is 15.0 Å². The maximum Gasteiger partial charge on any atom is 0.416 e. The van der Waals surface area contributed by atoms with Crippen molar-refractivity contribution in [1.29, 1.82) is 0 Å². The molecule has 4 aromatic rings. The number of anilines is 1. The van der Waals surface area contributed by atoms with Crippen molar-refractivity contribution in [3.8, 4) is 11.4 Å². The fourth-order valence-corrected chi connectivity index (χ4v) is 5.30. The molecule has 0 aliphatic carbocycles. The van der Waals surface area contributed by atoms with E-state index in [0.29, 0.717) is 42.1 Å². The Labute approximate surface area is 246 Å². The Hall–Kier alpha value is -4.71. The number of H-pyrrole nitrogens is 1. The molecule has 9 nitrogen and oxygen atoms in total. The average molecular weight is 593 g/mol. The third-order valence-electron chi connectivity index (χ3n) is 7.52. The second-order valence-electron chi connectivity index (χ2n) is 10.5. The van der Waals surface area contributed by atoms with Crippen molar-refractivity contribution < 1.29 is 22.9 Å². The predicted octanol–water partition coefficient (Wildman–Crippen LogP) is 7.36. The Morgan fingerprint density at radius 2 is 1.84 bits per heavy atom. The number of urea groups is 1. The van der Waals surface area contributed by atoms with Crippen molar-refractivity contribution >= 4 is 17.4 Å². The summed E-state index contributed by atoms with van der Waals surface area (Å²) in [6, 6.07) is 19.8. The number of aryl methyl sites for hydroxylation is 1. The van der Waals surface area contributed by atoms with Gasteiger partial charge in [-0.15, -0.1) is 0 Å². The molecule has 224 valence electrons. The minimum Gasteiger partial charge on any atom is -0.342 e. The molecule has 1 aliphatic rings. The van der Waals surface area contributed by atoms with Crippen molar-refractivity contribution in [1.82, 2.24) is 19.8 Å². The smallest absolute Gasteiger partial charge is 0.342 e. The van der Waals surface area contributed by atoms with Gasteiger partial charge < -0.3 is 15.2 Å². The SMILES string of the molecule is Cc1[nH]c(-c2ccc(C(F)(F)F)cc2)nc1CN1CCCCC1N(Cc1cccc([N+](=O)[O-])c1)C(=O)Nc1ccccc1. The first kappa shape index (κ1) is 29.8. The normalized spacial score (nSPS) is 15.7. The summed E-state index contributed by atoms with van der Waals surface area (Å²) < 4.78 is 39.1. The second-order valence-corrected chi connectivity index (χ2v) is 10.5. The Bertz CT molecular complexity index is 1570. The third kappa shape index (κ3) is 7.20. The van der Waals surface area contributed by atoms with Gasteiger partial charge in [-0.1, -0.05) is 42.5 Å². The molecule has 1 fully saturated rings. The minimum atomic E-state index is -4.42. The molecule has 2 amide bonds. The van der Waals surface area contributed by atoms with E-state index < -0.39 is 16.7 Å². The number of piperidine rings is 1. The monoisotopic (exact) mass is 592 g/mol. The highest BCUT2D eigenvalue weighted by Gasteiger charge is 2.33. The summed E-state index contributed by atoms with van der Waals surface area (Å²) in [4.78, 5) is 36.5. The average Bonchev–Trinajstić information content (AvgIpc) is 3.36. The molecule has 1 aromatic heterocycles. The molecule has 0 bridgehead atoms. The molecular formula is C31H31F3N6O3. The number of para-hydroxylation sites is 1. The van der Waals surface area contributed by atoms with E-state index in [1.807, 2.05) is 25.1 Å². The van der Waals surface area contributed by atoms with Crippen molar-refractivity contribution in [3.63, 3.8) is 0 Å². The highest BCUT2D eigenvalue weighted by atomic mass is 19.4. The van der Waals surface area contributed by atoms with E-state index in [2.05, 4.69) is 15.2 Å². The fourth-order valence-electron chi connectivity index (χ4n) is 5.30. The van der Waals surface area contributed by atoms with Gasteiger partial charge in [0, 0.05) is 48.7 Å². The summed E-state index contributed by atoms with van der Waals surface area (Å²) in [5.74, 6) is 0.463. The molecule has 43 heavy (non-hydrogen) atoms. The molecule has 2 heterocycles. The molecule has 1 saturated heterocycles. The molecule has 1 aliphatic heterocycles. The quantitative estimate of drug-likeness (QED) is 0.164. The van der Waals surface area contributed by atoms with Crippen LogP contribution in [0.4, 0.5) is 29.3 Å². The van der Waals surface area contributed by atoms with Gasteiger partial charge in [-0.2, -0.15) is 13.2 Å². The molecule has 0 saturated carbocycles. The van der Waals surface area contributed by atoms with Crippen molar-refractivity contribution in [2.75, 3.05) is 11.9 Å². The Morgan fingerprint density at radius 3 is 2.53 bits per heavy atom. The molecule has 0 spiro atoms. The van der Waals surface area contributed by atoms with E-state index in [-0.39, 0.29) is 24.4 Å². The van der Waals surface area contributed by atoms with E-state index >= 15 is 0 Å². The Morgan fingerprint density at radius 1 is 1.09 bits per heavy atom. The van der Waals surface area contributed by atoms with Gasteiger partial charge in [0.1, 0.15) is 5.82 Å². The van der Waals surface area contributed by atoms with Crippen LogP contribution in [0.15, 0.2) is 78.9 Å². The summed E-state index contributed by atoms with van der Waals surface area (Å²) in [5, 5.41) is 14.4. The summed E-state index contributed by atoms with van der Waals surface area (Å²) in [6.07, 6.45) is -2.26. The zero-order valence-corrected chi connectivity index (χ0v) is 23.5. The van der Waals surface area contributed by atoms with Crippen LogP contribution in [0.25, 0.3) is 11.4 Å². The van der Waals surface area contributed by atoms with E-state index in [4.69, 9.17) is 4.98 Å². The summed E-state index contributed by atoms with van der Waals surface area (Å²) in [6.45, 7) is 3.10. The van der Waals surface area contributed by atoms with Gasteiger partial charge in [-0.05, 0) is 56.0 Å². The maximum atomic E-state index is 13.7. The lowest BCUT2D eigenvalue weighted by Crippen LogP contribution is -2.53. The third-order valence-corrected chi connectivity index (χ3v) is 7.52. The molecule has 3 aromatic carbocycles. The number of nitro benzene ring substituents is 1. The number of benzene rings is 3. The van der Waals surface area contributed by atoms with Gasteiger partial charge in [0.05, 0.1) is 22.3 Å². The molecular weight excluding hydrogens is 561 g/mol. The van der Waals surface area contributed by atoms with Crippen molar-refractivity contribution in [2.24, 2.45) is 0 Å². The van der Waals surface area contributed by atoms with Crippen LogP contribution >= 0.6 is 0 Å². The number of carbonyl (C=O) groups excluding carboxylic acids is 1. The number of nitro groups is 1. The second kappa shape index (κ2) is 12.7.